The number of rotatable bonds is 3. The van der Waals surface area contributed by atoms with Gasteiger partial charge in [-0.05, 0) is 53.8 Å². The molecular weight excluding hydrogens is 318 g/mol. The largest absolute Gasteiger partial charge is 0.504 e. The van der Waals surface area contributed by atoms with Crippen LogP contribution in [0, 0.1) is 0 Å². The van der Waals surface area contributed by atoms with Gasteiger partial charge < -0.3 is 24.6 Å². The van der Waals surface area contributed by atoms with Crippen LogP contribution in [-0.2, 0) is 13.0 Å². The molecule has 0 radical (unpaired) electrons. The Bertz CT molecular complexity index is 846. The highest BCUT2D eigenvalue weighted by Gasteiger charge is 2.37. The lowest BCUT2D eigenvalue weighted by Crippen LogP contribution is -2.39. The first kappa shape index (κ1) is 16.1. The molecule has 0 aromatic heterocycles. The standard InChI is InChI=1S/C20H23NO4/c1-10-13-5-11-6-15(22)16(23-2)8-14(11)19-18(13)12(9-21-10)7-17(24-3)20(19)25-4/h6-8,10,13,21-22H,5,9H2,1-4H3/t10?,13-/m1/s1. The fourth-order valence-corrected chi connectivity index (χ4v) is 4.25. The molecule has 1 heterocycles. The molecule has 0 saturated carbocycles. The molecule has 2 aliphatic rings. The van der Waals surface area contributed by atoms with Gasteiger partial charge in [-0.3, -0.25) is 0 Å². The summed E-state index contributed by atoms with van der Waals surface area (Å²) in [6.07, 6.45) is 0.872. The minimum Gasteiger partial charge on any atom is -0.504 e. The van der Waals surface area contributed by atoms with Crippen molar-refractivity contribution < 1.29 is 19.3 Å². The molecule has 2 aromatic carbocycles. The van der Waals surface area contributed by atoms with Crippen LogP contribution in [0.2, 0.25) is 0 Å². The lowest BCUT2D eigenvalue weighted by molar-refractivity contribution is 0.349. The first-order chi connectivity index (χ1) is 12.1. The summed E-state index contributed by atoms with van der Waals surface area (Å²) in [5.41, 5.74) is 5.78. The van der Waals surface area contributed by atoms with E-state index in [4.69, 9.17) is 14.2 Å². The minimum atomic E-state index is 0.170. The maximum Gasteiger partial charge on any atom is 0.168 e. The van der Waals surface area contributed by atoms with Gasteiger partial charge in [0.1, 0.15) is 0 Å². The maximum atomic E-state index is 10.2. The number of hydrogen-bond donors (Lipinski definition) is 2. The van der Waals surface area contributed by atoms with E-state index in [1.54, 1.807) is 21.3 Å². The topological polar surface area (TPSA) is 60.0 Å². The summed E-state index contributed by atoms with van der Waals surface area (Å²) in [7, 11) is 4.90. The summed E-state index contributed by atoms with van der Waals surface area (Å²) >= 11 is 0. The minimum absolute atomic E-state index is 0.170. The Labute approximate surface area is 147 Å². The molecule has 4 rings (SSSR count). The summed E-state index contributed by atoms with van der Waals surface area (Å²) in [4.78, 5) is 0. The van der Waals surface area contributed by atoms with Crippen molar-refractivity contribution in [1.82, 2.24) is 5.32 Å². The van der Waals surface area contributed by atoms with Crippen LogP contribution in [0.15, 0.2) is 18.2 Å². The third kappa shape index (κ3) is 2.26. The van der Waals surface area contributed by atoms with Crippen LogP contribution >= 0.6 is 0 Å². The van der Waals surface area contributed by atoms with Crippen LogP contribution in [0.4, 0.5) is 0 Å². The first-order valence-corrected chi connectivity index (χ1v) is 8.50. The molecule has 0 fully saturated rings. The second-order valence-electron chi connectivity index (χ2n) is 6.72. The van der Waals surface area contributed by atoms with E-state index < -0.39 is 0 Å². The van der Waals surface area contributed by atoms with E-state index in [2.05, 4.69) is 18.3 Å². The Kier molecular flexibility index (Phi) is 3.76. The van der Waals surface area contributed by atoms with Crippen molar-refractivity contribution in [3.05, 3.63) is 34.9 Å². The van der Waals surface area contributed by atoms with Crippen molar-refractivity contribution in [1.29, 1.82) is 0 Å². The van der Waals surface area contributed by atoms with Gasteiger partial charge in [-0.25, -0.2) is 0 Å². The number of methoxy groups -OCH3 is 3. The predicted molar refractivity (Wildman–Crippen MR) is 95.9 cm³/mol. The van der Waals surface area contributed by atoms with Crippen molar-refractivity contribution in [3.8, 4) is 34.1 Å². The highest BCUT2D eigenvalue weighted by atomic mass is 16.5. The van der Waals surface area contributed by atoms with Crippen molar-refractivity contribution in [2.75, 3.05) is 21.3 Å². The zero-order valence-electron chi connectivity index (χ0n) is 15.0. The Hall–Kier alpha value is -2.40. The Morgan fingerprint density at radius 1 is 1.00 bits per heavy atom. The van der Waals surface area contributed by atoms with Crippen LogP contribution in [0.3, 0.4) is 0 Å². The molecule has 1 aliphatic carbocycles. The monoisotopic (exact) mass is 341 g/mol. The summed E-state index contributed by atoms with van der Waals surface area (Å²) < 4.78 is 16.7. The van der Waals surface area contributed by atoms with Crippen molar-refractivity contribution in [2.24, 2.45) is 0 Å². The molecule has 1 aliphatic heterocycles. The second kappa shape index (κ2) is 5.85. The van der Waals surface area contributed by atoms with E-state index in [0.717, 1.165) is 41.2 Å². The molecule has 2 N–H and O–H groups in total. The molecule has 0 amide bonds. The number of fused-ring (bicyclic) bond motifs is 2. The van der Waals surface area contributed by atoms with E-state index in [1.165, 1.54) is 11.1 Å². The maximum absolute atomic E-state index is 10.2. The molecule has 2 aromatic rings. The number of phenolic OH excluding ortho intramolecular Hbond substituents is 1. The van der Waals surface area contributed by atoms with E-state index >= 15 is 0 Å². The Balaban J connectivity index is 2.08. The van der Waals surface area contributed by atoms with Crippen molar-refractivity contribution >= 4 is 0 Å². The highest BCUT2D eigenvalue weighted by molar-refractivity contribution is 5.85. The molecule has 0 bridgehead atoms. The molecule has 0 saturated heterocycles. The van der Waals surface area contributed by atoms with E-state index in [-0.39, 0.29) is 5.75 Å². The van der Waals surface area contributed by atoms with Gasteiger partial charge in [0, 0.05) is 24.1 Å². The molecule has 2 atom stereocenters. The van der Waals surface area contributed by atoms with Crippen molar-refractivity contribution in [3.63, 3.8) is 0 Å². The normalized spacial score (nSPS) is 20.5. The van der Waals surface area contributed by atoms with Gasteiger partial charge in [-0.1, -0.05) is 0 Å². The van der Waals surface area contributed by atoms with Gasteiger partial charge in [0.05, 0.1) is 21.3 Å². The van der Waals surface area contributed by atoms with E-state index in [1.807, 2.05) is 12.1 Å². The fourth-order valence-electron chi connectivity index (χ4n) is 4.25. The molecular formula is C20H23NO4. The van der Waals surface area contributed by atoms with Crippen LogP contribution in [0.1, 0.15) is 29.5 Å². The average molecular weight is 341 g/mol. The molecule has 1 unspecified atom stereocenters. The lowest BCUT2D eigenvalue weighted by atomic mass is 9.71. The third-order valence-corrected chi connectivity index (χ3v) is 5.50. The number of phenols is 1. The summed E-state index contributed by atoms with van der Waals surface area (Å²) in [5.74, 6) is 2.44. The van der Waals surface area contributed by atoms with Gasteiger partial charge in [0.2, 0.25) is 0 Å². The molecule has 132 valence electrons. The number of hydrogen-bond acceptors (Lipinski definition) is 5. The summed E-state index contributed by atoms with van der Waals surface area (Å²) in [6.45, 7) is 3.02. The number of benzene rings is 2. The van der Waals surface area contributed by atoms with Crippen LogP contribution < -0.4 is 19.5 Å². The molecule has 0 spiro atoms. The SMILES string of the molecule is COc1cc2c(cc1O)C[C@H]1c3c(cc(OC)c(OC)c3-2)CNC1C. The highest BCUT2D eigenvalue weighted by Crippen LogP contribution is 2.53. The van der Waals surface area contributed by atoms with Gasteiger partial charge in [0.25, 0.3) is 0 Å². The first-order valence-electron chi connectivity index (χ1n) is 8.50. The quantitative estimate of drug-likeness (QED) is 0.898. The molecule has 5 nitrogen and oxygen atoms in total. The number of ether oxygens (including phenoxy) is 3. The number of aromatic hydroxyl groups is 1. The van der Waals surface area contributed by atoms with E-state index in [0.29, 0.717) is 17.7 Å². The third-order valence-electron chi connectivity index (χ3n) is 5.50. The van der Waals surface area contributed by atoms with Crippen LogP contribution in [-0.4, -0.2) is 32.5 Å². The average Bonchev–Trinajstić information content (AvgIpc) is 2.63. The summed E-state index contributed by atoms with van der Waals surface area (Å²) in [5, 5.41) is 13.8. The van der Waals surface area contributed by atoms with Crippen LogP contribution in [0.25, 0.3) is 11.1 Å². The fraction of sp³-hybridized carbons (Fsp3) is 0.400. The smallest absolute Gasteiger partial charge is 0.168 e. The van der Waals surface area contributed by atoms with E-state index in [9.17, 15) is 5.11 Å². The Morgan fingerprint density at radius 3 is 2.44 bits per heavy atom. The zero-order chi connectivity index (χ0) is 17.7. The zero-order valence-corrected chi connectivity index (χ0v) is 15.0. The number of nitrogens with one attached hydrogen (secondary N) is 1. The van der Waals surface area contributed by atoms with Gasteiger partial charge in [-0.15, -0.1) is 0 Å². The van der Waals surface area contributed by atoms with Crippen molar-refractivity contribution in [2.45, 2.75) is 31.8 Å². The molecule has 5 heteroatoms. The van der Waals surface area contributed by atoms with Gasteiger partial charge in [0.15, 0.2) is 23.0 Å². The lowest BCUT2D eigenvalue weighted by Gasteiger charge is -2.39. The van der Waals surface area contributed by atoms with Gasteiger partial charge >= 0.3 is 0 Å². The van der Waals surface area contributed by atoms with Crippen LogP contribution in [0.5, 0.6) is 23.0 Å². The second-order valence-corrected chi connectivity index (χ2v) is 6.72. The Morgan fingerprint density at radius 2 is 1.76 bits per heavy atom. The summed E-state index contributed by atoms with van der Waals surface area (Å²) in [6, 6.07) is 6.15. The predicted octanol–water partition coefficient (Wildman–Crippen LogP) is 3.22. The molecule has 25 heavy (non-hydrogen) atoms. The van der Waals surface area contributed by atoms with Gasteiger partial charge in [-0.2, -0.15) is 0 Å².